The summed E-state index contributed by atoms with van der Waals surface area (Å²) in [6.07, 6.45) is 1.61. The summed E-state index contributed by atoms with van der Waals surface area (Å²) >= 11 is 0. The average Bonchev–Trinajstić information content (AvgIpc) is 2.39. The van der Waals surface area contributed by atoms with Crippen molar-refractivity contribution in [1.82, 2.24) is 5.32 Å². The van der Waals surface area contributed by atoms with Gasteiger partial charge in [0.1, 0.15) is 5.82 Å². The molecule has 2 heterocycles. The summed E-state index contributed by atoms with van der Waals surface area (Å²) in [5.74, 6) is 0.188. The predicted octanol–water partition coefficient (Wildman–Crippen LogP) is 1.79. The van der Waals surface area contributed by atoms with E-state index in [0.717, 1.165) is 31.5 Å². The Hall–Kier alpha value is -1.88. The first-order chi connectivity index (χ1) is 8.74. The number of carbonyl (C=O) groups is 1. The number of benzene rings is 1. The third-order valence-electron chi connectivity index (χ3n) is 3.14. The first kappa shape index (κ1) is 11.2. The first-order valence-corrected chi connectivity index (χ1v) is 5.95. The number of amides is 1. The van der Waals surface area contributed by atoms with E-state index in [0.29, 0.717) is 17.2 Å². The van der Waals surface area contributed by atoms with Gasteiger partial charge in [0, 0.05) is 6.07 Å². The van der Waals surface area contributed by atoms with Crippen LogP contribution in [-0.2, 0) is 4.79 Å². The zero-order valence-corrected chi connectivity index (χ0v) is 9.75. The van der Waals surface area contributed by atoms with Gasteiger partial charge >= 0.3 is 0 Å². The number of piperidine rings is 1. The number of hydrogen-bond donors (Lipinski definition) is 2. The number of halogens is 1. The Kier molecular flexibility index (Phi) is 2.76. The van der Waals surface area contributed by atoms with Crippen LogP contribution in [0.1, 0.15) is 12.8 Å². The molecule has 5 heteroatoms. The van der Waals surface area contributed by atoms with Gasteiger partial charge in [0.05, 0.1) is 5.69 Å². The Morgan fingerprint density at radius 3 is 2.78 bits per heavy atom. The highest BCUT2D eigenvalue weighted by Gasteiger charge is 2.26. The van der Waals surface area contributed by atoms with E-state index in [1.165, 1.54) is 18.2 Å². The Labute approximate surface area is 104 Å². The van der Waals surface area contributed by atoms with Gasteiger partial charge in [0.15, 0.2) is 11.5 Å². The van der Waals surface area contributed by atoms with Crippen LogP contribution in [0.3, 0.4) is 0 Å². The fourth-order valence-electron chi connectivity index (χ4n) is 2.21. The van der Waals surface area contributed by atoms with Crippen molar-refractivity contribution in [2.24, 2.45) is 0 Å². The van der Waals surface area contributed by atoms with Gasteiger partial charge in [-0.15, -0.1) is 0 Å². The molecule has 0 aliphatic carbocycles. The van der Waals surface area contributed by atoms with E-state index in [2.05, 4.69) is 10.6 Å². The fourth-order valence-corrected chi connectivity index (χ4v) is 2.21. The van der Waals surface area contributed by atoms with E-state index in [4.69, 9.17) is 4.74 Å². The maximum atomic E-state index is 13.0. The summed E-state index contributed by atoms with van der Waals surface area (Å²) in [5.41, 5.74) is 1.40. The van der Waals surface area contributed by atoms with Crippen LogP contribution in [0.25, 0.3) is 0 Å². The molecular weight excluding hydrogens is 235 g/mol. The van der Waals surface area contributed by atoms with Gasteiger partial charge < -0.3 is 15.4 Å². The minimum absolute atomic E-state index is 0.287. The Bertz CT molecular complexity index is 532. The number of carbonyl (C=O) groups excluding carboxylic acids is 1. The van der Waals surface area contributed by atoms with Crippen LogP contribution in [0.2, 0.25) is 0 Å². The van der Waals surface area contributed by atoms with Gasteiger partial charge in [0.25, 0.3) is 5.91 Å². The third kappa shape index (κ3) is 1.97. The lowest BCUT2D eigenvalue weighted by molar-refractivity contribution is -0.115. The second-order valence-corrected chi connectivity index (χ2v) is 4.38. The fraction of sp³-hybridized carbons (Fsp3) is 0.308. The van der Waals surface area contributed by atoms with Gasteiger partial charge in [-0.2, -0.15) is 0 Å². The highest BCUT2D eigenvalue weighted by molar-refractivity contribution is 6.06. The molecule has 2 N–H and O–H groups in total. The van der Waals surface area contributed by atoms with Gasteiger partial charge in [0.2, 0.25) is 0 Å². The van der Waals surface area contributed by atoms with Crippen LogP contribution < -0.4 is 15.4 Å². The van der Waals surface area contributed by atoms with Crippen molar-refractivity contribution in [3.05, 3.63) is 35.3 Å². The normalized spacial score (nSPS) is 19.1. The van der Waals surface area contributed by atoms with Crippen LogP contribution in [-0.4, -0.2) is 19.0 Å². The molecule has 1 fully saturated rings. The molecule has 0 radical (unpaired) electrons. The van der Waals surface area contributed by atoms with Crippen molar-refractivity contribution in [3.63, 3.8) is 0 Å². The maximum absolute atomic E-state index is 13.0. The smallest absolute Gasteiger partial charge is 0.291 e. The lowest BCUT2D eigenvalue weighted by atomic mass is 10.0. The predicted molar refractivity (Wildman–Crippen MR) is 64.8 cm³/mol. The summed E-state index contributed by atoms with van der Waals surface area (Å²) in [6.45, 7) is 1.71. The molecule has 3 rings (SSSR count). The molecular formula is C13H13FN2O2. The van der Waals surface area contributed by atoms with Crippen LogP contribution in [0.4, 0.5) is 10.1 Å². The average molecular weight is 248 g/mol. The Balaban J connectivity index is 1.96. The summed E-state index contributed by atoms with van der Waals surface area (Å²) in [7, 11) is 0. The van der Waals surface area contributed by atoms with Gasteiger partial charge in [-0.25, -0.2) is 4.39 Å². The molecule has 1 saturated heterocycles. The standard InChI is InChI=1S/C13H13FN2O2/c14-9-1-2-11-10(7-9)16-13(17)12(18-11)8-3-5-15-6-4-8/h1-2,7,15H,3-6H2,(H,16,17). The van der Waals surface area contributed by atoms with Gasteiger partial charge in [-0.3, -0.25) is 4.79 Å². The molecule has 0 atom stereocenters. The summed E-state index contributed by atoms with van der Waals surface area (Å²) in [4.78, 5) is 11.9. The third-order valence-corrected chi connectivity index (χ3v) is 3.14. The largest absolute Gasteiger partial charge is 0.449 e. The molecule has 4 nitrogen and oxygen atoms in total. The zero-order chi connectivity index (χ0) is 12.5. The van der Waals surface area contributed by atoms with Crippen LogP contribution in [0.5, 0.6) is 5.75 Å². The van der Waals surface area contributed by atoms with Crippen molar-refractivity contribution in [2.75, 3.05) is 18.4 Å². The van der Waals surface area contributed by atoms with Crippen LogP contribution in [0, 0.1) is 5.82 Å². The molecule has 2 aliphatic rings. The van der Waals surface area contributed by atoms with E-state index in [1.807, 2.05) is 0 Å². The lowest BCUT2D eigenvalue weighted by Gasteiger charge is -2.24. The van der Waals surface area contributed by atoms with Crippen LogP contribution in [0.15, 0.2) is 29.5 Å². The van der Waals surface area contributed by atoms with E-state index in [9.17, 15) is 9.18 Å². The Morgan fingerprint density at radius 2 is 2.00 bits per heavy atom. The Morgan fingerprint density at radius 1 is 1.22 bits per heavy atom. The van der Waals surface area contributed by atoms with Crippen molar-refractivity contribution >= 4 is 11.6 Å². The zero-order valence-electron chi connectivity index (χ0n) is 9.75. The molecule has 1 amide bonds. The first-order valence-electron chi connectivity index (χ1n) is 5.95. The number of anilines is 1. The highest BCUT2D eigenvalue weighted by atomic mass is 19.1. The second kappa shape index (κ2) is 4.42. The SMILES string of the molecule is O=C1Nc2cc(F)ccc2OC1=C1CCNCC1. The van der Waals surface area contributed by atoms with Gasteiger partial charge in [-0.05, 0) is 43.6 Å². The van der Waals surface area contributed by atoms with E-state index < -0.39 is 5.82 Å². The molecule has 1 aromatic rings. The molecule has 2 aliphatic heterocycles. The number of hydrogen-bond acceptors (Lipinski definition) is 3. The minimum Gasteiger partial charge on any atom is -0.449 e. The highest BCUT2D eigenvalue weighted by Crippen LogP contribution is 2.33. The second-order valence-electron chi connectivity index (χ2n) is 4.38. The molecule has 0 spiro atoms. The van der Waals surface area contributed by atoms with Crippen molar-refractivity contribution in [3.8, 4) is 5.75 Å². The summed E-state index contributed by atoms with van der Waals surface area (Å²) in [5, 5.41) is 5.89. The molecule has 0 aromatic heterocycles. The lowest BCUT2D eigenvalue weighted by Crippen LogP contribution is -2.30. The molecule has 0 bridgehead atoms. The number of fused-ring (bicyclic) bond motifs is 1. The monoisotopic (exact) mass is 248 g/mol. The van der Waals surface area contributed by atoms with Crippen molar-refractivity contribution in [1.29, 1.82) is 0 Å². The van der Waals surface area contributed by atoms with Crippen molar-refractivity contribution < 1.29 is 13.9 Å². The molecule has 0 saturated carbocycles. The molecule has 18 heavy (non-hydrogen) atoms. The molecule has 1 aromatic carbocycles. The summed E-state index contributed by atoms with van der Waals surface area (Å²) < 4.78 is 18.7. The van der Waals surface area contributed by atoms with E-state index in [-0.39, 0.29) is 5.91 Å². The molecule has 94 valence electrons. The maximum Gasteiger partial charge on any atom is 0.291 e. The van der Waals surface area contributed by atoms with Crippen molar-refractivity contribution in [2.45, 2.75) is 12.8 Å². The van der Waals surface area contributed by atoms with Gasteiger partial charge in [-0.1, -0.05) is 0 Å². The number of ether oxygens (including phenoxy) is 1. The topological polar surface area (TPSA) is 50.4 Å². The number of rotatable bonds is 0. The minimum atomic E-state index is -0.393. The van der Waals surface area contributed by atoms with Crippen LogP contribution >= 0.6 is 0 Å². The molecule has 0 unspecified atom stereocenters. The van der Waals surface area contributed by atoms with E-state index >= 15 is 0 Å². The summed E-state index contributed by atoms with van der Waals surface area (Å²) in [6, 6.07) is 4.11. The quantitative estimate of drug-likeness (QED) is 0.688. The number of nitrogens with one attached hydrogen (secondary N) is 2. The van der Waals surface area contributed by atoms with E-state index in [1.54, 1.807) is 0 Å².